The van der Waals surface area contributed by atoms with Crippen molar-refractivity contribution in [2.24, 2.45) is 0 Å². The lowest BCUT2D eigenvalue weighted by Crippen LogP contribution is -2.42. The van der Waals surface area contributed by atoms with E-state index < -0.39 is 24.1 Å². The van der Waals surface area contributed by atoms with Crippen LogP contribution in [0.15, 0.2) is 12.2 Å². The quantitative estimate of drug-likeness (QED) is 0.146. The summed E-state index contributed by atoms with van der Waals surface area (Å²) < 4.78 is 38.8. The van der Waals surface area contributed by atoms with E-state index in [2.05, 4.69) is 79.5 Å². The molecule has 2 aromatic heterocycles. The van der Waals surface area contributed by atoms with Crippen LogP contribution in [0.3, 0.4) is 0 Å². The first-order chi connectivity index (χ1) is 23.5. The van der Waals surface area contributed by atoms with E-state index in [9.17, 15) is 19.8 Å². The van der Waals surface area contributed by atoms with Gasteiger partial charge in [-0.3, -0.25) is 0 Å². The maximum atomic E-state index is 9.95. The third-order valence-corrected chi connectivity index (χ3v) is 7.44. The van der Waals surface area contributed by atoms with Crippen molar-refractivity contribution in [2.45, 2.75) is 64.8 Å². The molecule has 2 aromatic rings. The van der Waals surface area contributed by atoms with Gasteiger partial charge in [0.15, 0.2) is 0 Å². The molecule has 6 N–H and O–H groups in total. The zero-order valence-corrected chi connectivity index (χ0v) is 31.2. The number of carboxylic acid groups (broad SMARTS) is 2. The number of carboxylic acids is 2. The summed E-state index contributed by atoms with van der Waals surface area (Å²) in [6, 6.07) is 0. The minimum atomic E-state index is -1.26. The number of rotatable bonds is 14. The minimum absolute atomic E-state index is 0.0257. The lowest BCUT2D eigenvalue weighted by molar-refractivity contribution is -0.134. The van der Waals surface area contributed by atoms with Crippen LogP contribution in [0, 0.1) is 0 Å². The van der Waals surface area contributed by atoms with Gasteiger partial charge in [0, 0.05) is 62.5 Å². The number of aliphatic hydroxyl groups is 2. The van der Waals surface area contributed by atoms with Gasteiger partial charge in [-0.15, -0.1) is 8.75 Å². The minimum Gasteiger partial charge on any atom is -0.478 e. The lowest BCUT2D eigenvalue weighted by atomic mass is 10.1. The number of aliphatic hydroxyl groups excluding tert-OH is 2. The van der Waals surface area contributed by atoms with Gasteiger partial charge in [-0.25, -0.2) is 9.59 Å². The fourth-order valence-corrected chi connectivity index (χ4v) is 4.97. The van der Waals surface area contributed by atoms with Crippen molar-refractivity contribution in [3.63, 3.8) is 0 Å². The van der Waals surface area contributed by atoms with Gasteiger partial charge in [-0.2, -0.15) is 8.75 Å². The van der Waals surface area contributed by atoms with Gasteiger partial charge in [0.2, 0.25) is 11.6 Å². The summed E-state index contributed by atoms with van der Waals surface area (Å²) in [6.07, 6.45) is -0.0445. The van der Waals surface area contributed by atoms with Crippen molar-refractivity contribution in [3.05, 3.63) is 12.2 Å². The highest BCUT2D eigenvalue weighted by Gasteiger charge is 2.22. The van der Waals surface area contributed by atoms with Gasteiger partial charge in [-0.1, -0.05) is 0 Å². The van der Waals surface area contributed by atoms with Crippen LogP contribution in [0.4, 0.5) is 11.6 Å². The summed E-state index contributed by atoms with van der Waals surface area (Å²) in [5, 5.41) is 42.0. The van der Waals surface area contributed by atoms with Crippen LogP contribution in [0.2, 0.25) is 0 Å². The number of aromatic nitrogens is 4. The fraction of sp³-hybridized carbons (Fsp3) is 0.733. The summed E-state index contributed by atoms with van der Waals surface area (Å²) in [5.41, 5.74) is -0.0513. The summed E-state index contributed by atoms with van der Waals surface area (Å²) in [6.45, 7) is 19.6. The Labute approximate surface area is 301 Å². The topological polar surface area (TPSA) is 234 Å². The third-order valence-electron chi connectivity index (χ3n) is 6.44. The Morgan fingerprint density at radius 2 is 1.06 bits per heavy atom. The predicted molar refractivity (Wildman–Crippen MR) is 189 cm³/mol. The number of hydrogen-bond donors (Lipinski definition) is 6. The molecule has 0 amide bonds. The second-order valence-electron chi connectivity index (χ2n) is 13.2. The monoisotopic (exact) mass is 748 g/mol. The van der Waals surface area contributed by atoms with Crippen molar-refractivity contribution in [1.29, 1.82) is 0 Å². The first kappa shape index (κ1) is 42.9. The predicted octanol–water partition coefficient (Wildman–Crippen LogP) is 0.717. The molecular formula is C30H52N8O10S2. The second kappa shape index (κ2) is 21.9. The number of nitrogens with one attached hydrogen (secondary N) is 2. The van der Waals surface area contributed by atoms with E-state index in [4.69, 9.17) is 29.2 Å². The van der Waals surface area contributed by atoms with E-state index in [1.165, 1.54) is 0 Å². The van der Waals surface area contributed by atoms with Gasteiger partial charge in [0.25, 0.3) is 11.8 Å². The van der Waals surface area contributed by atoms with Crippen LogP contribution >= 0.6 is 23.5 Å². The van der Waals surface area contributed by atoms with Crippen molar-refractivity contribution in [3.8, 4) is 11.8 Å². The lowest BCUT2D eigenvalue weighted by Gasteiger charge is -2.27. The molecule has 284 valence electrons. The Balaban J connectivity index is 0.000000286. The van der Waals surface area contributed by atoms with E-state index in [1.54, 1.807) is 0 Å². The van der Waals surface area contributed by atoms with Gasteiger partial charge < -0.3 is 59.8 Å². The number of hydrogen-bond acceptors (Lipinski definition) is 18. The first-order valence-corrected chi connectivity index (χ1v) is 17.6. The van der Waals surface area contributed by atoms with Gasteiger partial charge in [-0.05, 0) is 41.5 Å². The maximum Gasteiger partial charge on any atom is 0.328 e. The Morgan fingerprint density at radius 3 is 1.36 bits per heavy atom. The molecule has 50 heavy (non-hydrogen) atoms. The van der Waals surface area contributed by atoms with Crippen molar-refractivity contribution < 1.29 is 49.0 Å². The summed E-state index contributed by atoms with van der Waals surface area (Å²) in [7, 11) is 0. The Morgan fingerprint density at radius 1 is 0.720 bits per heavy atom. The average Bonchev–Trinajstić information content (AvgIpc) is 3.74. The number of ether oxygens (including phenoxy) is 4. The summed E-state index contributed by atoms with van der Waals surface area (Å²) in [4.78, 5) is 23.3. The first-order valence-electron chi connectivity index (χ1n) is 16.1. The molecule has 18 nitrogen and oxygen atoms in total. The molecule has 2 saturated heterocycles. The van der Waals surface area contributed by atoms with Crippen LogP contribution < -0.4 is 29.9 Å². The Hall–Kier alpha value is -3.24. The van der Waals surface area contributed by atoms with Crippen LogP contribution in [0.1, 0.15) is 41.5 Å². The largest absolute Gasteiger partial charge is 0.478 e. The number of anilines is 2. The van der Waals surface area contributed by atoms with Gasteiger partial charge >= 0.3 is 11.9 Å². The molecule has 0 saturated carbocycles. The van der Waals surface area contributed by atoms with Crippen LogP contribution in [0.25, 0.3) is 0 Å². The Kier molecular flexibility index (Phi) is 18.8. The van der Waals surface area contributed by atoms with Crippen LogP contribution in [0.5, 0.6) is 11.8 Å². The molecule has 2 atom stereocenters. The molecule has 2 aliphatic heterocycles. The van der Waals surface area contributed by atoms with E-state index in [-0.39, 0.29) is 24.3 Å². The number of nitrogens with zero attached hydrogens (tertiary/aromatic N) is 6. The molecule has 0 spiro atoms. The molecule has 1 unspecified atom stereocenters. The molecule has 20 heteroatoms. The number of carbonyl (C=O) groups is 2. The zero-order chi connectivity index (χ0) is 37.2. The van der Waals surface area contributed by atoms with Gasteiger partial charge in [0.1, 0.15) is 25.4 Å². The highest BCUT2D eigenvalue weighted by Crippen LogP contribution is 2.27. The zero-order valence-electron chi connectivity index (χ0n) is 29.5. The average molecular weight is 749 g/mol. The summed E-state index contributed by atoms with van der Waals surface area (Å²) in [5.74, 6) is -0.0215. The molecule has 0 radical (unpaired) electrons. The van der Waals surface area contributed by atoms with Crippen molar-refractivity contribution in [2.75, 3.05) is 88.7 Å². The molecule has 0 aliphatic carbocycles. The number of β-amino-alcohol motifs (C(OH)–C–C–N with tert-alkyl or cyclic N) is 2. The third kappa shape index (κ3) is 18.7. The fourth-order valence-electron chi connectivity index (χ4n) is 3.93. The maximum absolute atomic E-state index is 9.95. The highest BCUT2D eigenvalue weighted by atomic mass is 32.1. The van der Waals surface area contributed by atoms with E-state index in [0.29, 0.717) is 63.4 Å². The normalized spacial score (nSPS) is 16.5. The van der Waals surface area contributed by atoms with Crippen molar-refractivity contribution >= 4 is 47.0 Å². The molecule has 0 aromatic carbocycles. The summed E-state index contributed by atoms with van der Waals surface area (Å²) >= 11 is 2.25. The van der Waals surface area contributed by atoms with Crippen LogP contribution in [-0.4, -0.2) is 152 Å². The SMILES string of the molecule is CC(C)(C)NCC(O)COc1nsnc1N1CCOCC1.CC(C)(C)NC[C@@H](O)COc1nsnc1N1CCOCC1.O=C(O)/C=C\C(=O)O. The molecule has 4 rings (SSSR count). The van der Waals surface area contributed by atoms with E-state index in [1.807, 2.05) is 0 Å². The molecular weight excluding hydrogens is 697 g/mol. The highest BCUT2D eigenvalue weighted by molar-refractivity contribution is 6.99. The molecule has 2 aliphatic rings. The van der Waals surface area contributed by atoms with E-state index in [0.717, 1.165) is 61.3 Å². The second-order valence-corrected chi connectivity index (χ2v) is 14.2. The standard InChI is InChI=1S/2C13H24N4O3S.C4H4O4/c2*1-13(2,3)14-8-10(18)9-20-12-11(15-21-16-12)17-4-6-19-7-5-17;5-3(6)1-2-4(7)8/h2*10,14,18H,4-9H2,1-3H3;1-2H,(H,5,6)(H,7,8)/b;;2-1-/t10-;;/m1../s1. The Bertz CT molecular complexity index is 1190. The van der Waals surface area contributed by atoms with Crippen LogP contribution in [-0.2, 0) is 19.1 Å². The molecule has 2 fully saturated rings. The molecule has 0 bridgehead atoms. The van der Waals surface area contributed by atoms with Crippen molar-refractivity contribution in [1.82, 2.24) is 28.1 Å². The number of aliphatic carboxylic acids is 2. The molecule has 4 heterocycles. The number of morpholine rings is 2. The smallest absolute Gasteiger partial charge is 0.328 e. The van der Waals surface area contributed by atoms with E-state index >= 15 is 0 Å². The van der Waals surface area contributed by atoms with Gasteiger partial charge in [0.05, 0.1) is 49.9 Å².